The third kappa shape index (κ3) is 3.81. The highest BCUT2D eigenvalue weighted by molar-refractivity contribution is 7.99. The van der Waals surface area contributed by atoms with E-state index in [0.717, 1.165) is 15.4 Å². The van der Waals surface area contributed by atoms with E-state index in [1.165, 1.54) is 5.01 Å². The number of amides is 2. The molecule has 3 aromatic carbocycles. The molecular weight excluding hydrogens is 392 g/mol. The van der Waals surface area contributed by atoms with Crippen LogP contribution in [0.15, 0.2) is 94.2 Å². The Hall–Kier alpha value is -3.02. The number of nitrogens with one attached hydrogen (secondary N) is 1. The van der Waals surface area contributed by atoms with Crippen LogP contribution in [0.2, 0.25) is 5.02 Å². The molecule has 0 aliphatic carbocycles. The number of nitrogens with zero attached hydrogens (tertiary/aromatic N) is 1. The van der Waals surface area contributed by atoms with Gasteiger partial charge in [-0.3, -0.25) is 15.0 Å². The highest BCUT2D eigenvalue weighted by Gasteiger charge is 2.34. The Kier molecular flexibility index (Phi) is 5.19. The molecule has 0 bridgehead atoms. The van der Waals surface area contributed by atoms with Crippen molar-refractivity contribution in [2.45, 2.75) is 9.79 Å². The number of halogens is 1. The molecule has 3 aromatic rings. The second-order valence-corrected chi connectivity index (χ2v) is 7.62. The van der Waals surface area contributed by atoms with Crippen LogP contribution in [0, 0.1) is 0 Å². The van der Waals surface area contributed by atoms with Crippen molar-refractivity contribution in [2.75, 3.05) is 5.01 Å². The van der Waals surface area contributed by atoms with Gasteiger partial charge in [-0.1, -0.05) is 59.8 Å². The Morgan fingerprint density at radius 2 is 1.54 bits per heavy atom. The molecule has 1 saturated heterocycles. The Morgan fingerprint density at radius 1 is 0.857 bits per heavy atom. The molecule has 4 rings (SSSR count). The van der Waals surface area contributed by atoms with Gasteiger partial charge < -0.3 is 0 Å². The van der Waals surface area contributed by atoms with Gasteiger partial charge in [-0.25, -0.2) is 5.01 Å². The molecule has 1 heterocycles. The average Bonchev–Trinajstić information content (AvgIpc) is 3.00. The summed E-state index contributed by atoms with van der Waals surface area (Å²) in [7, 11) is 0. The lowest BCUT2D eigenvalue weighted by molar-refractivity contribution is -0.117. The Balaban J connectivity index is 1.65. The summed E-state index contributed by atoms with van der Waals surface area (Å²) in [5.41, 5.74) is 4.15. The van der Waals surface area contributed by atoms with Crippen LogP contribution >= 0.6 is 23.4 Å². The molecule has 138 valence electrons. The minimum absolute atomic E-state index is 0.105. The van der Waals surface area contributed by atoms with E-state index in [0.29, 0.717) is 10.7 Å². The number of benzene rings is 3. The SMILES string of the molecule is O=C1NN(c2ccccc2)C(=O)/C1=C\c1ccccc1Sc1ccc(Cl)cc1. The smallest absolute Gasteiger partial charge is 0.267 e. The van der Waals surface area contributed by atoms with Gasteiger partial charge in [0.25, 0.3) is 11.8 Å². The Morgan fingerprint density at radius 3 is 2.29 bits per heavy atom. The molecule has 0 atom stereocenters. The summed E-state index contributed by atoms with van der Waals surface area (Å²) in [6.07, 6.45) is 1.64. The second-order valence-electron chi connectivity index (χ2n) is 6.07. The first-order valence-corrected chi connectivity index (χ1v) is 9.76. The fourth-order valence-electron chi connectivity index (χ4n) is 2.79. The minimum atomic E-state index is -0.417. The van der Waals surface area contributed by atoms with Crippen molar-refractivity contribution in [1.29, 1.82) is 0 Å². The zero-order valence-electron chi connectivity index (χ0n) is 14.6. The highest BCUT2D eigenvalue weighted by Crippen LogP contribution is 2.33. The summed E-state index contributed by atoms with van der Waals surface area (Å²) in [6.45, 7) is 0. The van der Waals surface area contributed by atoms with Crippen LogP contribution in [0.5, 0.6) is 0 Å². The number of hydrogen-bond donors (Lipinski definition) is 1. The molecule has 1 fully saturated rings. The third-order valence-corrected chi connectivity index (χ3v) is 5.52. The predicted molar refractivity (Wildman–Crippen MR) is 112 cm³/mol. The Bertz CT molecular complexity index is 1070. The zero-order chi connectivity index (χ0) is 19.5. The number of carbonyl (C=O) groups is 2. The van der Waals surface area contributed by atoms with Crippen LogP contribution in [0.3, 0.4) is 0 Å². The summed E-state index contributed by atoms with van der Waals surface area (Å²) < 4.78 is 0. The normalized spacial score (nSPS) is 15.2. The van der Waals surface area contributed by atoms with E-state index in [-0.39, 0.29) is 11.5 Å². The lowest BCUT2D eigenvalue weighted by Gasteiger charge is -2.13. The standard InChI is InChI=1S/C22H15ClN2O2S/c23-16-10-12-18(13-11-16)28-20-9-5-4-6-15(20)14-19-21(26)24-25(22(19)27)17-7-2-1-3-8-17/h1-14H,(H,24,26)/b19-14-. The van der Waals surface area contributed by atoms with E-state index < -0.39 is 5.91 Å². The summed E-state index contributed by atoms with van der Waals surface area (Å²) >= 11 is 7.50. The molecule has 0 saturated carbocycles. The van der Waals surface area contributed by atoms with Crippen LogP contribution in [-0.2, 0) is 9.59 Å². The van der Waals surface area contributed by atoms with Crippen molar-refractivity contribution in [2.24, 2.45) is 0 Å². The molecule has 0 unspecified atom stereocenters. The molecule has 2 amide bonds. The van der Waals surface area contributed by atoms with Crippen molar-refractivity contribution in [3.63, 3.8) is 0 Å². The highest BCUT2D eigenvalue weighted by atomic mass is 35.5. The van der Waals surface area contributed by atoms with Gasteiger partial charge in [0, 0.05) is 14.8 Å². The number of carbonyl (C=O) groups excluding carboxylic acids is 2. The molecule has 0 spiro atoms. The van der Waals surface area contributed by atoms with Crippen molar-refractivity contribution in [3.8, 4) is 0 Å². The average molecular weight is 407 g/mol. The van der Waals surface area contributed by atoms with E-state index in [1.54, 1.807) is 30.0 Å². The first kappa shape index (κ1) is 18.3. The van der Waals surface area contributed by atoms with Gasteiger partial charge in [0.2, 0.25) is 0 Å². The summed E-state index contributed by atoms with van der Waals surface area (Å²) in [6, 6.07) is 24.2. The molecular formula is C22H15ClN2O2S. The zero-order valence-corrected chi connectivity index (χ0v) is 16.2. The molecule has 6 heteroatoms. The number of anilines is 1. The van der Waals surface area contributed by atoms with Crippen molar-refractivity contribution >= 4 is 46.9 Å². The quantitative estimate of drug-likeness (QED) is 0.492. The molecule has 1 aliphatic heterocycles. The van der Waals surface area contributed by atoms with Gasteiger partial charge in [0.1, 0.15) is 5.57 Å². The monoisotopic (exact) mass is 406 g/mol. The van der Waals surface area contributed by atoms with Crippen LogP contribution in [0.1, 0.15) is 5.56 Å². The van der Waals surface area contributed by atoms with Gasteiger partial charge in [0.05, 0.1) is 5.69 Å². The van der Waals surface area contributed by atoms with Crippen molar-refractivity contribution in [1.82, 2.24) is 5.43 Å². The lowest BCUT2D eigenvalue weighted by atomic mass is 10.1. The number of hydrazine groups is 1. The lowest BCUT2D eigenvalue weighted by Crippen LogP contribution is -2.35. The molecule has 4 nitrogen and oxygen atoms in total. The van der Waals surface area contributed by atoms with Gasteiger partial charge in [0.15, 0.2) is 0 Å². The fourth-order valence-corrected chi connectivity index (χ4v) is 3.84. The maximum Gasteiger partial charge on any atom is 0.282 e. The van der Waals surface area contributed by atoms with Gasteiger partial charge in [-0.05, 0) is 54.1 Å². The van der Waals surface area contributed by atoms with Crippen LogP contribution in [0.4, 0.5) is 5.69 Å². The number of hydrogen-bond acceptors (Lipinski definition) is 3. The molecule has 1 aliphatic rings. The van der Waals surface area contributed by atoms with E-state index in [2.05, 4.69) is 5.43 Å². The topological polar surface area (TPSA) is 49.4 Å². The summed E-state index contributed by atoms with van der Waals surface area (Å²) in [5.74, 6) is -0.789. The van der Waals surface area contributed by atoms with Crippen LogP contribution < -0.4 is 10.4 Å². The van der Waals surface area contributed by atoms with E-state index in [9.17, 15) is 9.59 Å². The first-order chi connectivity index (χ1) is 13.6. The third-order valence-electron chi connectivity index (χ3n) is 4.17. The molecule has 0 aromatic heterocycles. The van der Waals surface area contributed by atoms with E-state index in [4.69, 9.17) is 11.6 Å². The van der Waals surface area contributed by atoms with E-state index in [1.807, 2.05) is 66.7 Å². The maximum absolute atomic E-state index is 12.8. The van der Waals surface area contributed by atoms with Gasteiger partial charge in [-0.2, -0.15) is 0 Å². The van der Waals surface area contributed by atoms with Gasteiger partial charge in [-0.15, -0.1) is 0 Å². The van der Waals surface area contributed by atoms with Crippen molar-refractivity contribution < 1.29 is 9.59 Å². The number of para-hydroxylation sites is 1. The van der Waals surface area contributed by atoms with Crippen LogP contribution in [0.25, 0.3) is 6.08 Å². The van der Waals surface area contributed by atoms with E-state index >= 15 is 0 Å². The van der Waals surface area contributed by atoms with Crippen molar-refractivity contribution in [3.05, 3.63) is 95.0 Å². The molecule has 28 heavy (non-hydrogen) atoms. The number of rotatable bonds is 4. The molecule has 0 radical (unpaired) electrons. The van der Waals surface area contributed by atoms with Crippen LogP contribution in [-0.4, -0.2) is 11.8 Å². The first-order valence-electron chi connectivity index (χ1n) is 8.56. The minimum Gasteiger partial charge on any atom is -0.267 e. The predicted octanol–water partition coefficient (Wildman–Crippen LogP) is 4.95. The van der Waals surface area contributed by atoms with Gasteiger partial charge >= 0.3 is 0 Å². The Labute approximate surface area is 171 Å². The summed E-state index contributed by atoms with van der Waals surface area (Å²) in [5, 5.41) is 1.94. The maximum atomic E-state index is 12.8. The fraction of sp³-hybridized carbons (Fsp3) is 0. The second kappa shape index (κ2) is 7.92. The largest absolute Gasteiger partial charge is 0.282 e. The molecule has 1 N–H and O–H groups in total. The summed E-state index contributed by atoms with van der Waals surface area (Å²) in [4.78, 5) is 27.2.